The van der Waals surface area contributed by atoms with Gasteiger partial charge in [0.25, 0.3) is 5.85 Å². The molecule has 0 amide bonds. The van der Waals surface area contributed by atoms with Crippen molar-refractivity contribution in [3.05, 3.63) is 0 Å². The van der Waals surface area contributed by atoms with E-state index in [1.165, 1.54) is 6.92 Å². The topological polar surface area (TPSA) is 94.5 Å². The number of aliphatic hydroxyl groups excluding tert-OH is 1. The molecule has 0 aliphatic carbocycles. The van der Waals surface area contributed by atoms with E-state index in [2.05, 4.69) is 0 Å². The first-order chi connectivity index (χ1) is 7.40. The second-order valence-corrected chi connectivity index (χ2v) is 5.51. The molecule has 0 aromatic heterocycles. The van der Waals surface area contributed by atoms with E-state index < -0.39 is 31.1 Å². The van der Waals surface area contributed by atoms with Crippen LogP contribution in [-0.2, 0) is 14.2 Å². The molecule has 0 aromatic carbocycles. The van der Waals surface area contributed by atoms with E-state index in [1.54, 1.807) is 0 Å². The van der Waals surface area contributed by atoms with E-state index in [4.69, 9.17) is 0 Å². The summed E-state index contributed by atoms with van der Waals surface area (Å²) in [5.74, 6) is -3.47. The molecular formula is C10H17NaO5P+. The molecule has 0 rings (SSSR count). The Kier molecular flexibility index (Phi) is 11.7. The van der Waals surface area contributed by atoms with E-state index in [0.29, 0.717) is 12.8 Å². The molecule has 0 aliphatic heterocycles. The number of aliphatic carboxylic acids is 1. The van der Waals surface area contributed by atoms with Crippen LogP contribution < -0.4 is 34.7 Å². The molecule has 0 fully saturated rings. The van der Waals surface area contributed by atoms with Crippen molar-refractivity contribution in [1.82, 2.24) is 0 Å². The maximum absolute atomic E-state index is 11.4. The summed E-state index contributed by atoms with van der Waals surface area (Å²) in [7, 11) is -2.40. The summed E-state index contributed by atoms with van der Waals surface area (Å²) < 4.78 is 11.4. The van der Waals surface area contributed by atoms with Crippen LogP contribution in [0.5, 0.6) is 0 Å². The number of carboxylic acid groups (broad SMARTS) is 1. The van der Waals surface area contributed by atoms with Crippen molar-refractivity contribution < 1.29 is 53.9 Å². The molecule has 3 atom stereocenters. The Balaban J connectivity index is 0. The van der Waals surface area contributed by atoms with Crippen molar-refractivity contribution in [3.8, 4) is 0 Å². The predicted octanol–water partition coefficient (Wildman–Crippen LogP) is -2.37. The number of carbonyl (C=O) groups is 2. The van der Waals surface area contributed by atoms with Crippen molar-refractivity contribution in [2.24, 2.45) is 5.92 Å². The third-order valence-corrected chi connectivity index (χ3v) is 3.69. The summed E-state index contributed by atoms with van der Waals surface area (Å²) in [6, 6.07) is 0. The minimum Gasteiger partial charge on any atom is -0.550 e. The van der Waals surface area contributed by atoms with Crippen LogP contribution in [0.3, 0.4) is 0 Å². The van der Waals surface area contributed by atoms with Crippen molar-refractivity contribution in [2.75, 3.05) is 0 Å². The number of hydrogen-bond acceptors (Lipinski definition) is 5. The number of hydrogen-bond donors (Lipinski definition) is 1. The van der Waals surface area contributed by atoms with Gasteiger partial charge in [0, 0.05) is 18.3 Å². The van der Waals surface area contributed by atoms with Crippen LogP contribution in [0.25, 0.3) is 0 Å². The summed E-state index contributed by atoms with van der Waals surface area (Å²) in [6.07, 6.45) is 1.48. The van der Waals surface area contributed by atoms with Crippen molar-refractivity contribution in [2.45, 2.75) is 45.4 Å². The van der Waals surface area contributed by atoms with E-state index in [1.807, 2.05) is 6.92 Å². The van der Waals surface area contributed by atoms with Gasteiger partial charge in [-0.05, 0) is 6.42 Å². The fraction of sp³-hybridized carbons (Fsp3) is 0.800. The normalized spacial score (nSPS) is 14.4. The number of unbranched alkanes of at least 4 members (excludes halogenated alkanes) is 1. The maximum atomic E-state index is 11.4. The molecule has 0 saturated carbocycles. The van der Waals surface area contributed by atoms with E-state index in [0.717, 1.165) is 6.42 Å². The van der Waals surface area contributed by atoms with Crippen LogP contribution in [-0.4, -0.2) is 22.4 Å². The Labute approximate surface area is 124 Å². The van der Waals surface area contributed by atoms with Gasteiger partial charge in [-0.3, -0.25) is 0 Å². The number of rotatable bonds is 8. The molecule has 0 heterocycles. The molecule has 3 unspecified atom stereocenters. The SMILES string of the molecule is CCCCC(O)[P+](=O)C(=O)CC(C)C(=O)[O-].[Na+]. The fourth-order valence-corrected chi connectivity index (χ4v) is 2.31. The average Bonchev–Trinajstić information content (AvgIpc) is 2.24. The summed E-state index contributed by atoms with van der Waals surface area (Å²) in [5, 5.41) is 19.8. The number of carbonyl (C=O) groups excluding carboxylic acids is 2. The van der Waals surface area contributed by atoms with Gasteiger partial charge in [0.15, 0.2) is 0 Å². The molecule has 0 saturated heterocycles. The van der Waals surface area contributed by atoms with Gasteiger partial charge < -0.3 is 15.0 Å². The molecule has 1 N–H and O–H groups in total. The van der Waals surface area contributed by atoms with Gasteiger partial charge in [0.1, 0.15) is 0 Å². The quantitative estimate of drug-likeness (QED) is 0.393. The molecule has 0 radical (unpaired) electrons. The van der Waals surface area contributed by atoms with Crippen LogP contribution in [0, 0.1) is 5.92 Å². The van der Waals surface area contributed by atoms with Crippen molar-refractivity contribution >= 4 is 19.3 Å². The smallest absolute Gasteiger partial charge is 0.550 e. The summed E-state index contributed by atoms with van der Waals surface area (Å²) in [5.41, 5.74) is -0.699. The summed E-state index contributed by atoms with van der Waals surface area (Å²) in [6.45, 7) is 3.23. The van der Waals surface area contributed by atoms with Crippen LogP contribution >= 0.6 is 7.80 Å². The van der Waals surface area contributed by atoms with Crippen molar-refractivity contribution in [1.29, 1.82) is 0 Å². The average molecular weight is 271 g/mol. The van der Waals surface area contributed by atoms with Crippen LogP contribution in [0.2, 0.25) is 0 Å². The Morgan fingerprint density at radius 2 is 1.94 bits per heavy atom. The zero-order valence-corrected chi connectivity index (χ0v) is 13.4. The second-order valence-electron chi connectivity index (χ2n) is 3.77. The largest absolute Gasteiger partial charge is 1.00 e. The first-order valence-electron chi connectivity index (χ1n) is 5.28. The minimum absolute atomic E-state index is 0. The summed E-state index contributed by atoms with van der Waals surface area (Å²) >= 11 is 0. The Hall–Kier alpha value is 0.200. The van der Waals surface area contributed by atoms with Gasteiger partial charge in [-0.25, -0.2) is 4.79 Å². The molecule has 0 spiro atoms. The van der Waals surface area contributed by atoms with Gasteiger partial charge in [-0.2, -0.15) is 0 Å². The van der Waals surface area contributed by atoms with Gasteiger partial charge in [-0.1, -0.05) is 24.8 Å². The molecule has 0 bridgehead atoms. The standard InChI is InChI=1S/C10H17O5P.Na/c1-3-4-5-8(11)16(15)9(12)6-7(2)10(13)14;/h7-8,11H,3-6H2,1-2H3;/q;+1. The molecule has 0 aromatic rings. The zero-order chi connectivity index (χ0) is 12.7. The first-order valence-corrected chi connectivity index (χ1v) is 6.61. The zero-order valence-electron chi connectivity index (χ0n) is 10.5. The fourth-order valence-electron chi connectivity index (χ4n) is 1.11. The monoisotopic (exact) mass is 271 g/mol. The Bertz CT molecular complexity index is 282. The maximum Gasteiger partial charge on any atom is 1.00 e. The van der Waals surface area contributed by atoms with Gasteiger partial charge in [0.05, 0.1) is 6.42 Å². The third kappa shape index (κ3) is 8.01. The Morgan fingerprint density at radius 3 is 2.35 bits per heavy atom. The molecular weight excluding hydrogens is 254 g/mol. The van der Waals surface area contributed by atoms with Crippen LogP contribution in [0.15, 0.2) is 0 Å². The van der Waals surface area contributed by atoms with Gasteiger partial charge in [0.2, 0.25) is 0 Å². The predicted molar refractivity (Wildman–Crippen MR) is 56.9 cm³/mol. The molecule has 7 heteroatoms. The van der Waals surface area contributed by atoms with Crippen molar-refractivity contribution in [3.63, 3.8) is 0 Å². The first kappa shape index (κ1) is 19.5. The molecule has 0 aliphatic rings. The number of carboxylic acids is 1. The Morgan fingerprint density at radius 1 is 1.41 bits per heavy atom. The van der Waals surface area contributed by atoms with E-state index in [9.17, 15) is 24.4 Å². The van der Waals surface area contributed by atoms with Crippen LogP contribution in [0.4, 0.5) is 0 Å². The second kappa shape index (κ2) is 10.2. The van der Waals surface area contributed by atoms with Gasteiger partial charge >= 0.3 is 42.9 Å². The minimum atomic E-state index is -2.40. The molecule has 17 heavy (non-hydrogen) atoms. The molecule has 5 nitrogen and oxygen atoms in total. The third-order valence-electron chi connectivity index (χ3n) is 2.22. The van der Waals surface area contributed by atoms with E-state index in [-0.39, 0.29) is 36.0 Å². The summed E-state index contributed by atoms with van der Waals surface area (Å²) in [4.78, 5) is 21.7. The van der Waals surface area contributed by atoms with E-state index >= 15 is 0 Å². The van der Waals surface area contributed by atoms with Crippen LogP contribution in [0.1, 0.15) is 39.5 Å². The molecule has 92 valence electrons. The number of aliphatic hydroxyl groups is 1. The van der Waals surface area contributed by atoms with Gasteiger partial charge in [-0.15, -0.1) is 0 Å².